The quantitative estimate of drug-likeness (QED) is 0.791. The summed E-state index contributed by atoms with van der Waals surface area (Å²) in [7, 11) is 0. The maximum Gasteiger partial charge on any atom is 0.227 e. The van der Waals surface area contributed by atoms with Gasteiger partial charge in [-0.15, -0.1) is 0 Å². The number of nitrogens with zero attached hydrogens (tertiary/aromatic N) is 7. The van der Waals surface area contributed by atoms with Gasteiger partial charge in [0.2, 0.25) is 5.95 Å². The largest absolute Gasteiger partial charge is 0.378 e. The molecule has 1 saturated carbocycles. The van der Waals surface area contributed by atoms with Crippen LogP contribution in [0.25, 0.3) is 0 Å². The highest BCUT2D eigenvalue weighted by Crippen LogP contribution is 2.39. The van der Waals surface area contributed by atoms with Gasteiger partial charge >= 0.3 is 0 Å². The molecular formula is C20H27N7O. The fraction of sp³-hybridized carbons (Fsp3) is 0.600. The van der Waals surface area contributed by atoms with E-state index in [-0.39, 0.29) is 0 Å². The summed E-state index contributed by atoms with van der Waals surface area (Å²) in [5.41, 5.74) is 2.22. The summed E-state index contributed by atoms with van der Waals surface area (Å²) < 4.78 is 5.46. The van der Waals surface area contributed by atoms with Crippen molar-refractivity contribution in [2.45, 2.75) is 25.7 Å². The predicted molar refractivity (Wildman–Crippen MR) is 108 cm³/mol. The zero-order valence-electron chi connectivity index (χ0n) is 16.4. The molecule has 2 saturated heterocycles. The predicted octanol–water partition coefficient (Wildman–Crippen LogP) is 1.62. The van der Waals surface area contributed by atoms with Crippen LogP contribution in [0.5, 0.6) is 0 Å². The summed E-state index contributed by atoms with van der Waals surface area (Å²) >= 11 is 0. The van der Waals surface area contributed by atoms with Crippen molar-refractivity contribution >= 4 is 17.6 Å². The number of rotatable bonds is 4. The fourth-order valence-electron chi connectivity index (χ4n) is 3.90. The highest BCUT2D eigenvalue weighted by atomic mass is 16.5. The van der Waals surface area contributed by atoms with Crippen LogP contribution in [0.15, 0.2) is 18.5 Å². The second-order valence-corrected chi connectivity index (χ2v) is 7.82. The van der Waals surface area contributed by atoms with E-state index in [4.69, 9.17) is 9.72 Å². The van der Waals surface area contributed by atoms with Crippen LogP contribution in [0.3, 0.4) is 0 Å². The first-order valence-electron chi connectivity index (χ1n) is 10.3. The van der Waals surface area contributed by atoms with Gasteiger partial charge in [-0.2, -0.15) is 4.98 Å². The number of hydrogen-bond acceptors (Lipinski definition) is 8. The van der Waals surface area contributed by atoms with Crippen molar-refractivity contribution < 1.29 is 4.74 Å². The molecule has 0 bridgehead atoms. The summed E-state index contributed by atoms with van der Waals surface area (Å²) in [5.74, 6) is 3.57. The molecule has 3 fully saturated rings. The number of anilines is 3. The third-order valence-electron chi connectivity index (χ3n) is 5.72. The normalized spacial score (nSPS) is 20.5. The molecule has 28 heavy (non-hydrogen) atoms. The van der Waals surface area contributed by atoms with Crippen LogP contribution in [0.1, 0.15) is 30.1 Å². The average Bonchev–Trinajstić information content (AvgIpc) is 3.60. The minimum absolute atomic E-state index is 0.658. The average molecular weight is 381 g/mol. The van der Waals surface area contributed by atoms with Crippen molar-refractivity contribution in [2.24, 2.45) is 0 Å². The number of aromatic nitrogens is 4. The van der Waals surface area contributed by atoms with Gasteiger partial charge in [0.15, 0.2) is 0 Å². The molecule has 2 aliphatic heterocycles. The monoisotopic (exact) mass is 381 g/mol. The van der Waals surface area contributed by atoms with E-state index in [0.717, 1.165) is 75.8 Å². The molecule has 0 spiro atoms. The van der Waals surface area contributed by atoms with Crippen molar-refractivity contribution in [1.29, 1.82) is 0 Å². The van der Waals surface area contributed by atoms with Gasteiger partial charge in [0.1, 0.15) is 18.0 Å². The van der Waals surface area contributed by atoms with Crippen LogP contribution in [-0.2, 0) is 4.74 Å². The highest BCUT2D eigenvalue weighted by molar-refractivity contribution is 5.49. The molecule has 4 heterocycles. The van der Waals surface area contributed by atoms with Crippen molar-refractivity contribution in [3.05, 3.63) is 29.8 Å². The Morgan fingerprint density at radius 3 is 2.25 bits per heavy atom. The van der Waals surface area contributed by atoms with Crippen LogP contribution in [0.2, 0.25) is 0 Å². The first-order chi connectivity index (χ1) is 13.8. The van der Waals surface area contributed by atoms with Gasteiger partial charge in [0, 0.05) is 68.7 Å². The lowest BCUT2D eigenvalue weighted by Gasteiger charge is -2.36. The van der Waals surface area contributed by atoms with E-state index >= 15 is 0 Å². The summed E-state index contributed by atoms with van der Waals surface area (Å²) in [6.45, 7) is 8.99. The third-order valence-corrected chi connectivity index (χ3v) is 5.72. The Morgan fingerprint density at radius 1 is 0.821 bits per heavy atom. The Kier molecular flexibility index (Phi) is 4.72. The first-order valence-corrected chi connectivity index (χ1v) is 10.3. The van der Waals surface area contributed by atoms with Crippen LogP contribution in [-0.4, -0.2) is 72.4 Å². The Hall–Kier alpha value is -2.48. The van der Waals surface area contributed by atoms with E-state index in [1.807, 2.05) is 6.92 Å². The molecule has 0 N–H and O–H groups in total. The van der Waals surface area contributed by atoms with E-state index in [9.17, 15) is 0 Å². The molecule has 0 amide bonds. The van der Waals surface area contributed by atoms with Crippen LogP contribution >= 0.6 is 0 Å². The molecular weight excluding hydrogens is 354 g/mol. The molecule has 3 aliphatic rings. The number of hydrogen-bond donors (Lipinski definition) is 0. The lowest BCUT2D eigenvalue weighted by molar-refractivity contribution is 0.122. The molecule has 2 aromatic rings. The van der Waals surface area contributed by atoms with E-state index in [1.165, 1.54) is 18.5 Å². The molecule has 8 heteroatoms. The molecule has 148 valence electrons. The molecule has 0 atom stereocenters. The lowest BCUT2D eigenvalue weighted by Crippen LogP contribution is -2.47. The zero-order valence-corrected chi connectivity index (χ0v) is 16.4. The minimum atomic E-state index is 0.658. The molecule has 0 unspecified atom stereocenters. The van der Waals surface area contributed by atoms with Gasteiger partial charge in [-0.05, 0) is 19.8 Å². The van der Waals surface area contributed by atoms with Gasteiger partial charge in [0.25, 0.3) is 0 Å². The van der Waals surface area contributed by atoms with Gasteiger partial charge < -0.3 is 19.4 Å². The van der Waals surface area contributed by atoms with E-state index < -0.39 is 0 Å². The smallest absolute Gasteiger partial charge is 0.227 e. The maximum absolute atomic E-state index is 5.46. The Bertz CT molecular complexity index is 827. The summed E-state index contributed by atoms with van der Waals surface area (Å²) in [5, 5.41) is 0. The zero-order chi connectivity index (χ0) is 18.9. The molecule has 1 aliphatic carbocycles. The van der Waals surface area contributed by atoms with Crippen molar-refractivity contribution in [1.82, 2.24) is 19.9 Å². The van der Waals surface area contributed by atoms with Gasteiger partial charge in [-0.3, -0.25) is 0 Å². The van der Waals surface area contributed by atoms with Crippen molar-refractivity contribution in [3.8, 4) is 0 Å². The summed E-state index contributed by atoms with van der Waals surface area (Å²) in [6.07, 6.45) is 4.25. The van der Waals surface area contributed by atoms with Gasteiger partial charge in [-0.25, -0.2) is 15.0 Å². The van der Waals surface area contributed by atoms with Crippen LogP contribution in [0.4, 0.5) is 17.6 Å². The van der Waals surface area contributed by atoms with Gasteiger partial charge in [-0.1, -0.05) is 0 Å². The second kappa shape index (κ2) is 7.50. The Balaban J connectivity index is 1.27. The SMILES string of the molecule is Cc1cc(N2CCN(c3cc(C4CC4)ncn3)CC2)nc(N2CCOCC2)n1. The molecule has 2 aromatic heterocycles. The highest BCUT2D eigenvalue weighted by Gasteiger charge is 2.27. The number of morpholine rings is 1. The van der Waals surface area contributed by atoms with Crippen molar-refractivity contribution in [3.63, 3.8) is 0 Å². The molecule has 0 radical (unpaired) electrons. The third kappa shape index (κ3) is 3.73. The van der Waals surface area contributed by atoms with E-state index in [2.05, 4.69) is 41.8 Å². The fourth-order valence-corrected chi connectivity index (χ4v) is 3.90. The number of ether oxygens (including phenoxy) is 1. The molecule has 8 nitrogen and oxygen atoms in total. The molecule has 5 rings (SSSR count). The summed E-state index contributed by atoms with van der Waals surface area (Å²) in [4.78, 5) is 25.4. The van der Waals surface area contributed by atoms with Crippen LogP contribution < -0.4 is 14.7 Å². The number of aryl methyl sites for hydroxylation is 1. The number of piperazine rings is 1. The topological polar surface area (TPSA) is 70.5 Å². The molecule has 0 aromatic carbocycles. The van der Waals surface area contributed by atoms with E-state index in [1.54, 1.807) is 6.33 Å². The Labute approximate surface area is 165 Å². The second-order valence-electron chi connectivity index (χ2n) is 7.82. The minimum Gasteiger partial charge on any atom is -0.378 e. The Morgan fingerprint density at radius 2 is 1.54 bits per heavy atom. The summed E-state index contributed by atoms with van der Waals surface area (Å²) in [6, 6.07) is 4.27. The maximum atomic E-state index is 5.46. The van der Waals surface area contributed by atoms with Crippen molar-refractivity contribution in [2.75, 3.05) is 67.2 Å². The standard InChI is InChI=1S/C20H27N7O/c1-15-12-19(24-20(23-15)27-8-10-28-11-9-27)26-6-4-25(5-7-26)18-13-17(16-2-3-16)21-14-22-18/h12-14,16H,2-11H2,1H3. The van der Waals surface area contributed by atoms with Gasteiger partial charge in [0.05, 0.1) is 13.2 Å². The first kappa shape index (κ1) is 17.6. The van der Waals surface area contributed by atoms with E-state index in [0.29, 0.717) is 5.92 Å². The van der Waals surface area contributed by atoms with Crippen LogP contribution in [0, 0.1) is 6.92 Å². The lowest BCUT2D eigenvalue weighted by atomic mass is 10.2.